The van der Waals surface area contributed by atoms with Gasteiger partial charge in [0.2, 0.25) is 15.9 Å². The molecule has 1 aliphatic heterocycles. The van der Waals surface area contributed by atoms with Crippen molar-refractivity contribution in [3.8, 4) is 0 Å². The van der Waals surface area contributed by atoms with E-state index in [0.717, 1.165) is 0 Å². The van der Waals surface area contributed by atoms with Crippen LogP contribution in [0.2, 0.25) is 0 Å². The maximum atomic E-state index is 12.7. The van der Waals surface area contributed by atoms with Crippen LogP contribution >= 0.6 is 31.9 Å². The van der Waals surface area contributed by atoms with Crippen LogP contribution < -0.4 is 11.1 Å². The van der Waals surface area contributed by atoms with Crippen molar-refractivity contribution in [3.05, 3.63) is 21.1 Å². The lowest BCUT2D eigenvalue weighted by atomic mass is 10.3. The van der Waals surface area contributed by atoms with Crippen molar-refractivity contribution in [2.45, 2.75) is 11.3 Å². The van der Waals surface area contributed by atoms with Crippen molar-refractivity contribution in [2.75, 3.05) is 25.4 Å². The smallest absolute Gasteiger partial charge is 0.245 e. The number of rotatable bonds is 2. The Balaban J connectivity index is 2.47. The van der Waals surface area contributed by atoms with Crippen molar-refractivity contribution in [2.24, 2.45) is 0 Å². The molecule has 2 rings (SSSR count). The van der Waals surface area contributed by atoms with Gasteiger partial charge in [-0.2, -0.15) is 4.31 Å². The van der Waals surface area contributed by atoms with Crippen LogP contribution in [0.1, 0.15) is 6.42 Å². The van der Waals surface area contributed by atoms with E-state index in [1.807, 2.05) is 0 Å². The van der Waals surface area contributed by atoms with Gasteiger partial charge in [0.15, 0.2) is 0 Å². The highest BCUT2D eigenvalue weighted by atomic mass is 79.9. The molecule has 110 valence electrons. The Kier molecular flexibility index (Phi) is 4.73. The molecule has 1 fully saturated rings. The lowest BCUT2D eigenvalue weighted by Crippen LogP contribution is -2.37. The van der Waals surface area contributed by atoms with Gasteiger partial charge >= 0.3 is 0 Å². The lowest BCUT2D eigenvalue weighted by molar-refractivity contribution is -0.120. The summed E-state index contributed by atoms with van der Waals surface area (Å²) in [6.07, 6.45) is 0.579. The van der Waals surface area contributed by atoms with Gasteiger partial charge in [0.25, 0.3) is 0 Å². The van der Waals surface area contributed by atoms with E-state index < -0.39 is 10.0 Å². The molecule has 20 heavy (non-hydrogen) atoms. The van der Waals surface area contributed by atoms with E-state index in [0.29, 0.717) is 34.1 Å². The molecule has 9 heteroatoms. The second kappa shape index (κ2) is 6.00. The molecule has 1 aromatic rings. The molecular weight excluding hydrogens is 414 g/mol. The molecule has 0 aliphatic carbocycles. The Labute approximate surface area is 134 Å². The quantitative estimate of drug-likeness (QED) is 0.697. The minimum absolute atomic E-state index is 0.0846. The summed E-state index contributed by atoms with van der Waals surface area (Å²) in [7, 11) is -3.77. The average Bonchev–Trinajstić information content (AvgIpc) is 2.52. The molecule has 0 saturated carbocycles. The number of sulfonamides is 1. The van der Waals surface area contributed by atoms with Crippen LogP contribution in [0.3, 0.4) is 0 Å². The molecule has 6 nitrogen and oxygen atoms in total. The number of hydrogen-bond acceptors (Lipinski definition) is 4. The molecule has 0 spiro atoms. The summed E-state index contributed by atoms with van der Waals surface area (Å²) in [6.45, 7) is 0.602. The first kappa shape index (κ1) is 15.7. The summed E-state index contributed by atoms with van der Waals surface area (Å²) < 4.78 is 27.3. The fourth-order valence-electron chi connectivity index (χ4n) is 1.94. The minimum Gasteiger partial charge on any atom is -0.399 e. The average molecular weight is 427 g/mol. The minimum atomic E-state index is -3.77. The number of hydrogen-bond donors (Lipinski definition) is 2. The molecule has 0 unspecified atom stereocenters. The first-order valence-corrected chi connectivity index (χ1v) is 8.86. The highest BCUT2D eigenvalue weighted by Crippen LogP contribution is 2.34. The van der Waals surface area contributed by atoms with E-state index in [1.165, 1.54) is 16.4 Å². The SMILES string of the molecule is Nc1cc(Br)c(S(=O)(=O)N2CCCNC(=O)C2)c(Br)c1. The standard InChI is InChI=1S/C11H13Br2N3O3S/c12-8-4-7(14)5-9(13)11(8)20(18,19)16-3-1-2-15-10(17)6-16/h4-5H,1-3,6,14H2,(H,15,17). The van der Waals surface area contributed by atoms with Gasteiger partial charge in [-0.3, -0.25) is 4.79 Å². The van der Waals surface area contributed by atoms with Crippen molar-refractivity contribution in [1.29, 1.82) is 0 Å². The highest BCUT2D eigenvalue weighted by Gasteiger charge is 2.31. The zero-order valence-electron chi connectivity index (χ0n) is 10.4. The monoisotopic (exact) mass is 425 g/mol. The summed E-state index contributed by atoms with van der Waals surface area (Å²) in [4.78, 5) is 11.6. The van der Waals surface area contributed by atoms with Crippen molar-refractivity contribution < 1.29 is 13.2 Å². The summed E-state index contributed by atoms with van der Waals surface area (Å²) in [6, 6.07) is 3.05. The van der Waals surface area contributed by atoms with Gasteiger partial charge in [-0.25, -0.2) is 8.42 Å². The number of benzene rings is 1. The van der Waals surface area contributed by atoms with Crippen molar-refractivity contribution in [3.63, 3.8) is 0 Å². The number of nitrogens with two attached hydrogens (primary N) is 1. The van der Waals surface area contributed by atoms with Gasteiger partial charge in [-0.1, -0.05) is 0 Å². The normalized spacial score (nSPS) is 17.6. The topological polar surface area (TPSA) is 92.5 Å². The van der Waals surface area contributed by atoms with Gasteiger partial charge in [0.05, 0.1) is 6.54 Å². The van der Waals surface area contributed by atoms with Crippen LogP contribution in [0.5, 0.6) is 0 Å². The first-order valence-electron chi connectivity index (χ1n) is 5.84. The Morgan fingerprint density at radius 3 is 2.45 bits per heavy atom. The van der Waals surface area contributed by atoms with Crippen LogP contribution in [0, 0.1) is 0 Å². The number of nitrogens with one attached hydrogen (secondary N) is 1. The maximum Gasteiger partial charge on any atom is 0.245 e. The summed E-state index contributed by atoms with van der Waals surface area (Å²) in [5.41, 5.74) is 6.11. The lowest BCUT2D eigenvalue weighted by Gasteiger charge is -2.20. The third kappa shape index (κ3) is 3.16. The number of amides is 1. The van der Waals surface area contributed by atoms with E-state index in [9.17, 15) is 13.2 Å². The number of nitrogens with zero attached hydrogens (tertiary/aromatic N) is 1. The Bertz CT molecular complexity index is 625. The molecule has 1 saturated heterocycles. The Hall–Kier alpha value is -0.640. The Morgan fingerprint density at radius 2 is 1.85 bits per heavy atom. The summed E-state index contributed by atoms with van der Waals surface area (Å²) in [5.74, 6) is -0.297. The van der Waals surface area contributed by atoms with Gasteiger partial charge in [0.1, 0.15) is 4.90 Å². The van der Waals surface area contributed by atoms with Crippen molar-refractivity contribution >= 4 is 53.5 Å². The van der Waals surface area contributed by atoms with Crippen molar-refractivity contribution in [1.82, 2.24) is 9.62 Å². The maximum absolute atomic E-state index is 12.7. The molecule has 1 aliphatic rings. The van der Waals surface area contributed by atoms with E-state index in [1.54, 1.807) is 0 Å². The second-order valence-corrected chi connectivity index (χ2v) is 7.94. The predicted octanol–water partition coefficient (Wildman–Crippen LogP) is 1.30. The number of carbonyl (C=O) groups is 1. The third-order valence-corrected chi connectivity index (χ3v) is 6.57. The summed E-state index contributed by atoms with van der Waals surface area (Å²) in [5, 5.41) is 2.65. The number of carbonyl (C=O) groups excluding carboxylic acids is 1. The van der Waals surface area contributed by atoms with Gasteiger partial charge in [-0.15, -0.1) is 0 Å². The fraction of sp³-hybridized carbons (Fsp3) is 0.364. The molecule has 0 atom stereocenters. The first-order chi connectivity index (χ1) is 9.32. The third-order valence-electron chi connectivity index (χ3n) is 2.84. The van der Waals surface area contributed by atoms with Gasteiger partial charge in [0, 0.05) is 27.7 Å². The molecule has 0 radical (unpaired) electrons. The van der Waals surface area contributed by atoms with E-state index in [4.69, 9.17) is 5.73 Å². The number of nitrogen functional groups attached to an aromatic ring is 1. The largest absolute Gasteiger partial charge is 0.399 e. The van der Waals surface area contributed by atoms with Gasteiger partial charge in [-0.05, 0) is 50.4 Å². The zero-order chi connectivity index (χ0) is 14.9. The number of halogens is 2. The molecular formula is C11H13Br2N3O3S. The zero-order valence-corrected chi connectivity index (χ0v) is 14.4. The van der Waals surface area contributed by atoms with Crippen LogP contribution in [0.25, 0.3) is 0 Å². The second-order valence-electron chi connectivity index (χ2n) is 4.36. The molecule has 1 amide bonds. The molecule has 1 heterocycles. The fourth-order valence-corrected chi connectivity index (χ4v) is 5.91. The number of anilines is 1. The van der Waals surface area contributed by atoms with Crippen LogP contribution in [-0.2, 0) is 14.8 Å². The molecule has 3 N–H and O–H groups in total. The Morgan fingerprint density at radius 1 is 1.25 bits per heavy atom. The van der Waals surface area contributed by atoms with Crippen LogP contribution in [-0.4, -0.2) is 38.3 Å². The van der Waals surface area contributed by atoms with Crippen LogP contribution in [0.4, 0.5) is 5.69 Å². The predicted molar refractivity (Wildman–Crippen MR) is 82.6 cm³/mol. The van der Waals surface area contributed by atoms with Gasteiger partial charge < -0.3 is 11.1 Å². The van der Waals surface area contributed by atoms with Crippen LogP contribution in [0.15, 0.2) is 26.0 Å². The van der Waals surface area contributed by atoms with E-state index >= 15 is 0 Å². The highest BCUT2D eigenvalue weighted by molar-refractivity contribution is 9.11. The molecule has 0 aromatic heterocycles. The van der Waals surface area contributed by atoms with E-state index in [2.05, 4.69) is 37.2 Å². The van der Waals surface area contributed by atoms with E-state index in [-0.39, 0.29) is 17.3 Å². The molecule has 1 aromatic carbocycles. The summed E-state index contributed by atoms with van der Waals surface area (Å²) >= 11 is 6.44. The molecule has 0 bridgehead atoms.